The van der Waals surface area contributed by atoms with Gasteiger partial charge in [0, 0.05) is 25.7 Å². The second-order valence-electron chi connectivity index (χ2n) is 28.6. The van der Waals surface area contributed by atoms with Gasteiger partial charge in [0.15, 0.2) is 12.2 Å². The smallest absolute Gasteiger partial charge is 0.462 e. The molecule has 0 aromatic carbocycles. The summed E-state index contributed by atoms with van der Waals surface area (Å²) >= 11 is 0. The third-order valence-corrected chi connectivity index (χ3v) is 20.2. The van der Waals surface area contributed by atoms with Gasteiger partial charge in [-0.2, -0.15) is 0 Å². The molecule has 0 aliphatic heterocycles. The van der Waals surface area contributed by atoms with E-state index in [0.29, 0.717) is 25.7 Å². The molecule has 0 radical (unpaired) electrons. The quantitative estimate of drug-likeness (QED) is 0.0222. The number of hydrogen-bond acceptors (Lipinski definition) is 15. The maximum atomic E-state index is 13.1. The summed E-state index contributed by atoms with van der Waals surface area (Å²) in [5, 5.41) is 10.6. The lowest BCUT2D eigenvalue weighted by Crippen LogP contribution is -2.30. The van der Waals surface area contributed by atoms with Gasteiger partial charge in [0.05, 0.1) is 26.4 Å². The molecule has 0 saturated heterocycles. The number of ether oxygens (including phenoxy) is 4. The van der Waals surface area contributed by atoms with Crippen LogP contribution in [0.2, 0.25) is 0 Å². The lowest BCUT2D eigenvalue weighted by atomic mass is 10.0. The molecule has 2 unspecified atom stereocenters. The average Bonchev–Trinajstić information content (AvgIpc) is 1.45. The minimum absolute atomic E-state index is 0.107. The van der Waals surface area contributed by atoms with E-state index in [1.165, 1.54) is 225 Å². The normalized spacial score (nSPS) is 13.9. The summed E-state index contributed by atoms with van der Waals surface area (Å²) < 4.78 is 68.5. The lowest BCUT2D eigenvalue weighted by Gasteiger charge is -2.21. The van der Waals surface area contributed by atoms with Gasteiger partial charge in [-0.1, -0.05) is 362 Å². The van der Waals surface area contributed by atoms with Gasteiger partial charge in [0.25, 0.3) is 0 Å². The van der Waals surface area contributed by atoms with Crippen LogP contribution in [0.3, 0.4) is 0 Å². The van der Waals surface area contributed by atoms with Crippen molar-refractivity contribution in [1.82, 2.24) is 0 Å². The Hall–Kier alpha value is -1.94. The third-order valence-electron chi connectivity index (χ3n) is 18.3. The van der Waals surface area contributed by atoms with Crippen molar-refractivity contribution >= 4 is 39.5 Å². The van der Waals surface area contributed by atoms with Gasteiger partial charge in [-0.15, -0.1) is 0 Å². The fourth-order valence-corrected chi connectivity index (χ4v) is 13.6. The van der Waals surface area contributed by atoms with Crippen LogP contribution in [0.5, 0.6) is 0 Å². The highest BCUT2D eigenvalue weighted by Crippen LogP contribution is 2.45. The molecule has 17 nitrogen and oxygen atoms in total. The first kappa shape index (κ1) is 95.1. The monoisotopic (exact) mass is 1420 g/mol. The Bertz CT molecular complexity index is 1860. The molecule has 0 saturated carbocycles. The Morgan fingerprint density at radius 3 is 0.701 bits per heavy atom. The van der Waals surface area contributed by atoms with Crippen molar-refractivity contribution in [2.75, 3.05) is 39.6 Å². The molecule has 3 N–H and O–H groups in total. The van der Waals surface area contributed by atoms with E-state index < -0.39 is 97.5 Å². The number of phosphoric ester groups is 2. The maximum Gasteiger partial charge on any atom is 0.472 e. The standard InChI is InChI=1S/C78H152O17P2/c1-6-9-12-15-18-20-22-24-25-28-32-35-39-42-47-52-57-62-76(81)89-68-74(95-78(83)64-59-54-49-44-40-36-33-30-27-26-29-31-34-37-41-46-50-55-60-71(4)5)70-93-97(86,87)91-66-72(79)65-90-96(84,85)92-69-73(67-88-75(80)61-56-51-45-17-14-11-8-3)94-77(82)63-58-53-48-43-38-23-21-19-16-13-10-7-2/h71-74,79H,6-70H2,1-5H3,(H,84,85)(H,86,87)/t72-,73+,74+/m0/s1. The molecule has 0 amide bonds. The van der Waals surface area contributed by atoms with Crippen LogP contribution < -0.4 is 0 Å². The molecule has 5 atom stereocenters. The molecular weight excluding hydrogens is 1270 g/mol. The minimum Gasteiger partial charge on any atom is -0.462 e. The van der Waals surface area contributed by atoms with E-state index in [4.69, 9.17) is 37.0 Å². The summed E-state index contributed by atoms with van der Waals surface area (Å²) in [4.78, 5) is 72.7. The molecule has 0 aliphatic carbocycles. The van der Waals surface area contributed by atoms with E-state index in [1.807, 2.05) is 0 Å². The fraction of sp³-hybridized carbons (Fsp3) is 0.949. The molecule has 97 heavy (non-hydrogen) atoms. The average molecular weight is 1420 g/mol. The zero-order chi connectivity index (χ0) is 71.2. The Labute approximate surface area is 594 Å². The number of hydrogen-bond donors (Lipinski definition) is 3. The highest BCUT2D eigenvalue weighted by atomic mass is 31.2. The highest BCUT2D eigenvalue weighted by molar-refractivity contribution is 7.47. The number of rotatable bonds is 78. The van der Waals surface area contributed by atoms with Crippen molar-refractivity contribution in [2.24, 2.45) is 5.92 Å². The Balaban J connectivity index is 5.16. The third kappa shape index (κ3) is 72.2. The van der Waals surface area contributed by atoms with E-state index in [1.54, 1.807) is 0 Å². The number of aliphatic hydroxyl groups is 1. The zero-order valence-electron chi connectivity index (χ0n) is 63.2. The SMILES string of the molecule is CCCCCCCCCCCCCCCCCCCC(=O)OC[C@H](COP(=O)(O)OC[C@@H](O)COP(=O)(O)OC[C@@H](COC(=O)CCCCCCCCC)OC(=O)CCCCCCCCCCCCCC)OC(=O)CCCCCCCCCCCCCCCCCCCCC(C)C. The number of unbranched alkanes of at least 4 members (excludes halogenated alkanes) is 50. The molecule has 19 heteroatoms. The number of esters is 4. The van der Waals surface area contributed by atoms with E-state index in [-0.39, 0.29) is 25.7 Å². The predicted molar refractivity (Wildman–Crippen MR) is 395 cm³/mol. The summed E-state index contributed by atoms with van der Waals surface area (Å²) in [5.74, 6) is -1.29. The van der Waals surface area contributed by atoms with Crippen molar-refractivity contribution in [3.63, 3.8) is 0 Å². The summed E-state index contributed by atoms with van der Waals surface area (Å²) in [6, 6.07) is 0. The van der Waals surface area contributed by atoms with Crippen LogP contribution in [-0.2, 0) is 65.4 Å². The predicted octanol–water partition coefficient (Wildman–Crippen LogP) is 23.3. The molecule has 576 valence electrons. The van der Waals surface area contributed by atoms with E-state index >= 15 is 0 Å². The number of carbonyl (C=O) groups excluding carboxylic acids is 4. The molecule has 0 fully saturated rings. The number of phosphoric acid groups is 2. The van der Waals surface area contributed by atoms with Crippen LogP contribution in [0.4, 0.5) is 0 Å². The number of carbonyl (C=O) groups is 4. The van der Waals surface area contributed by atoms with Crippen LogP contribution in [0.1, 0.15) is 413 Å². The van der Waals surface area contributed by atoms with Gasteiger partial charge in [0.1, 0.15) is 19.3 Å². The molecule has 0 bridgehead atoms. The van der Waals surface area contributed by atoms with Gasteiger partial charge in [-0.3, -0.25) is 37.3 Å². The van der Waals surface area contributed by atoms with Crippen LogP contribution in [0, 0.1) is 5.92 Å². The van der Waals surface area contributed by atoms with Crippen LogP contribution in [0.15, 0.2) is 0 Å². The fourth-order valence-electron chi connectivity index (χ4n) is 12.1. The summed E-state index contributed by atoms with van der Waals surface area (Å²) in [7, 11) is -9.91. The largest absolute Gasteiger partial charge is 0.472 e. The van der Waals surface area contributed by atoms with Crippen molar-refractivity contribution in [3.05, 3.63) is 0 Å². The van der Waals surface area contributed by atoms with E-state index in [9.17, 15) is 43.2 Å². The molecular formula is C78H152O17P2. The van der Waals surface area contributed by atoms with Crippen LogP contribution in [0.25, 0.3) is 0 Å². The topological polar surface area (TPSA) is 237 Å². The Morgan fingerprint density at radius 2 is 0.474 bits per heavy atom. The Kier molecular flexibility index (Phi) is 69.6. The number of aliphatic hydroxyl groups excluding tert-OH is 1. The van der Waals surface area contributed by atoms with Gasteiger partial charge < -0.3 is 33.8 Å². The van der Waals surface area contributed by atoms with Crippen LogP contribution in [-0.4, -0.2) is 96.7 Å². The summed E-state index contributed by atoms with van der Waals surface area (Å²) in [6.45, 7) is 7.30. The van der Waals surface area contributed by atoms with Crippen molar-refractivity contribution < 1.29 is 80.2 Å². The van der Waals surface area contributed by atoms with Crippen LogP contribution >= 0.6 is 15.6 Å². The second kappa shape index (κ2) is 71.1. The van der Waals surface area contributed by atoms with Gasteiger partial charge in [-0.25, -0.2) is 9.13 Å². The van der Waals surface area contributed by atoms with Crippen molar-refractivity contribution in [1.29, 1.82) is 0 Å². The van der Waals surface area contributed by atoms with Gasteiger partial charge in [-0.05, 0) is 31.6 Å². The summed E-state index contributed by atoms with van der Waals surface area (Å²) in [5.41, 5.74) is 0. The molecule has 0 spiro atoms. The second-order valence-corrected chi connectivity index (χ2v) is 31.5. The first-order valence-electron chi connectivity index (χ1n) is 40.6. The highest BCUT2D eigenvalue weighted by Gasteiger charge is 2.30. The van der Waals surface area contributed by atoms with E-state index in [0.717, 1.165) is 109 Å². The zero-order valence-corrected chi connectivity index (χ0v) is 65.0. The maximum absolute atomic E-state index is 13.1. The molecule has 0 aromatic heterocycles. The summed E-state index contributed by atoms with van der Waals surface area (Å²) in [6.07, 6.45) is 61.2. The first-order valence-corrected chi connectivity index (χ1v) is 43.6. The molecule has 0 heterocycles. The van der Waals surface area contributed by atoms with Crippen molar-refractivity contribution in [3.8, 4) is 0 Å². The van der Waals surface area contributed by atoms with Gasteiger partial charge in [0.2, 0.25) is 0 Å². The first-order chi connectivity index (χ1) is 47.0. The molecule has 0 rings (SSSR count). The minimum atomic E-state index is -4.96. The molecule has 0 aromatic rings. The van der Waals surface area contributed by atoms with E-state index in [2.05, 4.69) is 34.6 Å². The molecule has 0 aliphatic rings. The Morgan fingerprint density at radius 1 is 0.278 bits per heavy atom. The van der Waals surface area contributed by atoms with Gasteiger partial charge >= 0.3 is 39.5 Å². The van der Waals surface area contributed by atoms with Crippen molar-refractivity contribution in [2.45, 2.75) is 432 Å². The lowest BCUT2D eigenvalue weighted by molar-refractivity contribution is -0.161.